The van der Waals surface area contributed by atoms with Crippen molar-refractivity contribution in [3.05, 3.63) is 0 Å². The van der Waals surface area contributed by atoms with Gasteiger partial charge in [-0.1, -0.05) is 32.6 Å². The van der Waals surface area contributed by atoms with Gasteiger partial charge >= 0.3 is 12.2 Å². The number of carboxylic acid groups (broad SMARTS) is 1. The van der Waals surface area contributed by atoms with E-state index in [4.69, 9.17) is 9.84 Å². The number of ether oxygens (including phenoxy) is 1. The largest absolute Gasteiger partial charge is 0.465 e. The van der Waals surface area contributed by atoms with E-state index in [1.807, 2.05) is 0 Å². The summed E-state index contributed by atoms with van der Waals surface area (Å²) in [6.07, 6.45) is 6.71. The van der Waals surface area contributed by atoms with E-state index in [0.717, 1.165) is 38.5 Å². The molecule has 0 bridgehead atoms. The molecule has 0 heterocycles. The third kappa shape index (κ3) is 14.6. The highest BCUT2D eigenvalue weighted by atomic mass is 16.5. The van der Waals surface area contributed by atoms with Gasteiger partial charge in [0, 0.05) is 13.1 Å². The molecule has 20 heavy (non-hydrogen) atoms. The molecule has 0 saturated carbocycles. The Morgan fingerprint density at radius 2 is 1.50 bits per heavy atom. The molecule has 0 aliphatic heterocycles. The number of carbonyl (C=O) groups is 2. The predicted molar refractivity (Wildman–Crippen MR) is 78.0 cm³/mol. The monoisotopic (exact) mass is 288 g/mol. The minimum Gasteiger partial charge on any atom is -0.465 e. The quantitative estimate of drug-likeness (QED) is 0.481. The Labute approximate surface area is 121 Å². The summed E-state index contributed by atoms with van der Waals surface area (Å²) in [5.41, 5.74) is 0. The van der Waals surface area contributed by atoms with E-state index in [1.165, 1.54) is 12.8 Å². The van der Waals surface area contributed by atoms with Crippen LogP contribution in [-0.2, 0) is 4.74 Å². The molecule has 0 unspecified atom stereocenters. The van der Waals surface area contributed by atoms with E-state index in [-0.39, 0.29) is 6.09 Å². The number of unbranched alkanes of at least 4 members (excludes halogenated alkanes) is 6. The second-order valence-electron chi connectivity index (χ2n) is 4.77. The van der Waals surface area contributed by atoms with Gasteiger partial charge in [-0.25, -0.2) is 9.59 Å². The minimum atomic E-state index is -0.982. The summed E-state index contributed by atoms with van der Waals surface area (Å²) in [5, 5.41) is 13.4. The van der Waals surface area contributed by atoms with Crippen molar-refractivity contribution in [3.63, 3.8) is 0 Å². The lowest BCUT2D eigenvalue weighted by atomic mass is 10.2. The van der Waals surface area contributed by atoms with Crippen LogP contribution in [0.2, 0.25) is 0 Å². The number of amides is 2. The number of carbonyl (C=O) groups excluding carboxylic acids is 1. The predicted octanol–water partition coefficient (Wildman–Crippen LogP) is 3.12. The van der Waals surface area contributed by atoms with Gasteiger partial charge in [-0.15, -0.1) is 0 Å². The Kier molecular flexibility index (Phi) is 12.9. The summed E-state index contributed by atoms with van der Waals surface area (Å²) in [4.78, 5) is 21.5. The van der Waals surface area contributed by atoms with Crippen LogP contribution in [0.5, 0.6) is 0 Å². The first-order chi connectivity index (χ1) is 9.66. The fourth-order valence-corrected chi connectivity index (χ4v) is 1.73. The number of hydrogen-bond donors (Lipinski definition) is 3. The number of hydrogen-bond acceptors (Lipinski definition) is 3. The van der Waals surface area contributed by atoms with Crippen molar-refractivity contribution in [1.82, 2.24) is 10.6 Å². The molecule has 3 N–H and O–H groups in total. The number of alkyl carbamates (subject to hydrolysis) is 1. The molecule has 6 heteroatoms. The van der Waals surface area contributed by atoms with Crippen LogP contribution in [0.25, 0.3) is 0 Å². The van der Waals surface area contributed by atoms with Gasteiger partial charge in [-0.2, -0.15) is 0 Å². The molecule has 118 valence electrons. The van der Waals surface area contributed by atoms with Crippen molar-refractivity contribution in [2.45, 2.75) is 58.3 Å². The minimum absolute atomic E-state index is 0.339. The molecule has 0 atom stereocenters. The van der Waals surface area contributed by atoms with E-state index in [9.17, 15) is 9.59 Å². The molecule has 6 nitrogen and oxygen atoms in total. The zero-order chi connectivity index (χ0) is 15.1. The topological polar surface area (TPSA) is 87.7 Å². The average Bonchev–Trinajstić information content (AvgIpc) is 2.41. The highest BCUT2D eigenvalue weighted by Gasteiger charge is 2.00. The highest BCUT2D eigenvalue weighted by molar-refractivity contribution is 5.66. The van der Waals surface area contributed by atoms with Crippen molar-refractivity contribution in [3.8, 4) is 0 Å². The van der Waals surface area contributed by atoms with Crippen LogP contribution < -0.4 is 10.6 Å². The van der Waals surface area contributed by atoms with Gasteiger partial charge in [0.15, 0.2) is 0 Å². The summed E-state index contributed by atoms with van der Waals surface area (Å²) in [5.74, 6) is 0. The molecular weight excluding hydrogens is 260 g/mol. The Balaban J connectivity index is 3.17. The Bertz CT molecular complexity index is 260. The molecule has 0 saturated heterocycles. The van der Waals surface area contributed by atoms with E-state index in [1.54, 1.807) is 0 Å². The standard InChI is InChI=1S/C14H28N2O4/c1-2-3-4-7-11-16-14(19)20-12-9-6-5-8-10-15-13(17)18/h15H,2-12H2,1H3,(H,16,19)(H,17,18). The van der Waals surface area contributed by atoms with Gasteiger partial charge in [0.1, 0.15) is 0 Å². The molecule has 0 aromatic rings. The molecular formula is C14H28N2O4. The average molecular weight is 288 g/mol. The van der Waals surface area contributed by atoms with Crippen LogP contribution in [0.15, 0.2) is 0 Å². The van der Waals surface area contributed by atoms with Gasteiger partial charge in [0.05, 0.1) is 6.61 Å². The van der Waals surface area contributed by atoms with Crippen LogP contribution in [0.3, 0.4) is 0 Å². The van der Waals surface area contributed by atoms with Gasteiger partial charge in [0.25, 0.3) is 0 Å². The molecule has 0 aromatic heterocycles. The van der Waals surface area contributed by atoms with Crippen LogP contribution in [-0.4, -0.2) is 37.0 Å². The number of rotatable bonds is 12. The maximum Gasteiger partial charge on any atom is 0.407 e. The first-order valence-corrected chi connectivity index (χ1v) is 7.54. The smallest absolute Gasteiger partial charge is 0.407 e. The Morgan fingerprint density at radius 1 is 0.900 bits per heavy atom. The second kappa shape index (κ2) is 14.0. The van der Waals surface area contributed by atoms with Crippen molar-refractivity contribution < 1.29 is 19.4 Å². The Morgan fingerprint density at radius 3 is 2.15 bits per heavy atom. The highest BCUT2D eigenvalue weighted by Crippen LogP contribution is 2.00. The summed E-state index contributed by atoms with van der Waals surface area (Å²) in [6, 6.07) is 0. The molecule has 0 spiro atoms. The van der Waals surface area contributed by atoms with Crippen molar-refractivity contribution in [2.75, 3.05) is 19.7 Å². The molecule has 0 aliphatic rings. The van der Waals surface area contributed by atoms with Crippen molar-refractivity contribution >= 4 is 12.2 Å². The molecule has 0 rings (SSSR count). The van der Waals surface area contributed by atoms with E-state index in [0.29, 0.717) is 19.7 Å². The maximum atomic E-state index is 11.3. The summed E-state index contributed by atoms with van der Waals surface area (Å²) < 4.78 is 5.03. The van der Waals surface area contributed by atoms with Gasteiger partial charge in [-0.05, 0) is 25.7 Å². The molecule has 0 fully saturated rings. The molecule has 0 aliphatic carbocycles. The third-order valence-corrected chi connectivity index (χ3v) is 2.88. The van der Waals surface area contributed by atoms with Gasteiger partial charge < -0.3 is 20.5 Å². The van der Waals surface area contributed by atoms with E-state index >= 15 is 0 Å². The van der Waals surface area contributed by atoms with E-state index < -0.39 is 6.09 Å². The maximum absolute atomic E-state index is 11.3. The van der Waals surface area contributed by atoms with Crippen LogP contribution in [0.4, 0.5) is 9.59 Å². The fraction of sp³-hybridized carbons (Fsp3) is 0.857. The van der Waals surface area contributed by atoms with E-state index in [2.05, 4.69) is 17.6 Å². The van der Waals surface area contributed by atoms with Gasteiger partial charge in [0.2, 0.25) is 0 Å². The first-order valence-electron chi connectivity index (χ1n) is 7.54. The normalized spacial score (nSPS) is 10.1. The third-order valence-electron chi connectivity index (χ3n) is 2.88. The Hall–Kier alpha value is -1.46. The lowest BCUT2D eigenvalue weighted by Crippen LogP contribution is -2.25. The summed E-state index contributed by atoms with van der Waals surface area (Å²) in [6.45, 7) is 3.74. The van der Waals surface area contributed by atoms with Crippen LogP contribution in [0.1, 0.15) is 58.3 Å². The summed E-state index contributed by atoms with van der Waals surface area (Å²) >= 11 is 0. The second-order valence-corrected chi connectivity index (χ2v) is 4.77. The molecule has 0 radical (unpaired) electrons. The summed E-state index contributed by atoms with van der Waals surface area (Å²) in [7, 11) is 0. The lowest BCUT2D eigenvalue weighted by molar-refractivity contribution is 0.143. The zero-order valence-corrected chi connectivity index (χ0v) is 12.5. The van der Waals surface area contributed by atoms with Crippen molar-refractivity contribution in [2.24, 2.45) is 0 Å². The number of nitrogens with one attached hydrogen (secondary N) is 2. The van der Waals surface area contributed by atoms with Crippen molar-refractivity contribution in [1.29, 1.82) is 0 Å². The zero-order valence-electron chi connectivity index (χ0n) is 12.5. The van der Waals surface area contributed by atoms with Gasteiger partial charge in [-0.3, -0.25) is 0 Å². The lowest BCUT2D eigenvalue weighted by Gasteiger charge is -2.07. The van der Waals surface area contributed by atoms with Crippen LogP contribution in [0, 0.1) is 0 Å². The fourth-order valence-electron chi connectivity index (χ4n) is 1.73. The SMILES string of the molecule is CCCCCCNC(=O)OCCCCCCNC(=O)O. The van der Waals surface area contributed by atoms with Crippen LogP contribution >= 0.6 is 0 Å². The first kappa shape index (κ1) is 18.5. The molecule has 2 amide bonds. The molecule has 0 aromatic carbocycles.